The Balaban J connectivity index is 1.60. The van der Waals surface area contributed by atoms with Crippen LogP contribution in [0.2, 0.25) is 0 Å². The maximum atomic E-state index is 13.2. The second-order valence-electron chi connectivity index (χ2n) is 13.2. The lowest BCUT2D eigenvalue weighted by atomic mass is 9.99. The van der Waals surface area contributed by atoms with Crippen molar-refractivity contribution in [2.75, 3.05) is 13.2 Å². The Morgan fingerprint density at radius 1 is 0.648 bits per heavy atom. The SMILES string of the molecule is CCCCOC(=O)[C@@H](NC(=O)c1nc[nH]c1C(=O)NCc1cccc(CNC(=O)c2[nH]cnc2C(=O)N[C@H](C(=O)OCCCC)C(C)CC)c1)C(C)CC. The number of H-pyrrole nitrogens is 2. The van der Waals surface area contributed by atoms with Gasteiger partial charge >= 0.3 is 11.9 Å². The molecule has 0 spiro atoms. The smallest absolute Gasteiger partial charge is 0.328 e. The molecule has 0 aliphatic rings. The van der Waals surface area contributed by atoms with E-state index >= 15 is 0 Å². The zero-order valence-corrected chi connectivity index (χ0v) is 32.0. The Hall–Kier alpha value is -5.54. The molecule has 3 aromatic rings. The number of amides is 4. The highest BCUT2D eigenvalue weighted by Crippen LogP contribution is 2.15. The van der Waals surface area contributed by atoms with Crippen molar-refractivity contribution >= 4 is 35.6 Å². The Labute approximate surface area is 315 Å². The lowest BCUT2D eigenvalue weighted by Crippen LogP contribution is -2.46. The van der Waals surface area contributed by atoms with Crippen LogP contribution in [0.15, 0.2) is 36.9 Å². The monoisotopic (exact) mass is 750 g/mol. The van der Waals surface area contributed by atoms with Crippen molar-refractivity contribution in [3.05, 3.63) is 70.8 Å². The van der Waals surface area contributed by atoms with E-state index in [1.165, 1.54) is 12.7 Å². The van der Waals surface area contributed by atoms with Crippen LogP contribution in [0, 0.1) is 11.8 Å². The van der Waals surface area contributed by atoms with Crippen molar-refractivity contribution in [1.29, 1.82) is 0 Å². The fraction of sp³-hybridized carbons (Fsp3) is 0.526. The van der Waals surface area contributed by atoms with E-state index < -0.39 is 47.7 Å². The van der Waals surface area contributed by atoms with E-state index in [1.807, 2.05) is 41.5 Å². The molecule has 3 rings (SSSR count). The standard InChI is InChI=1S/C38H54N8O8/c1-7-11-16-53-37(51)27(23(5)9-3)45-35(49)31-29(41-21-43-31)33(47)39-19-25-14-13-15-26(18-25)20-40-34(48)30-32(44-22-42-30)36(50)46-28(24(6)10-4)38(52)54-17-12-8-2/h13-15,18,21-24,27-28H,7-12,16-17,19-20H2,1-6H3,(H,39,47)(H,40,48)(H,41,43)(H,42,44)(H,45,49)(H,46,50)/t23?,24?,27-,28-/m0/s1. The van der Waals surface area contributed by atoms with Crippen molar-refractivity contribution in [1.82, 2.24) is 41.2 Å². The number of esters is 2. The summed E-state index contributed by atoms with van der Waals surface area (Å²) >= 11 is 0. The van der Waals surface area contributed by atoms with E-state index in [0.717, 1.165) is 12.8 Å². The minimum Gasteiger partial charge on any atom is -0.464 e. The minimum atomic E-state index is -0.903. The fourth-order valence-corrected chi connectivity index (χ4v) is 5.24. The molecule has 16 nitrogen and oxygen atoms in total. The second-order valence-corrected chi connectivity index (χ2v) is 13.2. The number of hydrogen-bond acceptors (Lipinski definition) is 10. The van der Waals surface area contributed by atoms with E-state index in [-0.39, 0.29) is 60.9 Å². The van der Waals surface area contributed by atoms with Crippen LogP contribution >= 0.6 is 0 Å². The first kappa shape index (κ1) is 42.9. The molecule has 0 radical (unpaired) electrons. The third-order valence-electron chi connectivity index (χ3n) is 9.05. The summed E-state index contributed by atoms with van der Waals surface area (Å²) in [7, 11) is 0. The minimum absolute atomic E-state index is 0.0681. The largest absolute Gasteiger partial charge is 0.464 e. The normalized spacial score (nSPS) is 13.1. The highest BCUT2D eigenvalue weighted by atomic mass is 16.5. The fourth-order valence-electron chi connectivity index (χ4n) is 5.24. The summed E-state index contributed by atoms with van der Waals surface area (Å²) in [5.41, 5.74) is 0.954. The van der Waals surface area contributed by atoms with E-state index in [1.54, 1.807) is 24.3 Å². The van der Waals surface area contributed by atoms with E-state index in [0.29, 0.717) is 36.8 Å². The number of unbranched alkanes of at least 4 members (excludes halogenated alkanes) is 2. The van der Waals surface area contributed by atoms with Gasteiger partial charge in [-0.15, -0.1) is 0 Å². The number of carbonyl (C=O) groups excluding carboxylic acids is 6. The van der Waals surface area contributed by atoms with Crippen LogP contribution in [-0.2, 0) is 32.2 Å². The molecule has 0 bridgehead atoms. The molecular formula is C38H54N8O8. The van der Waals surface area contributed by atoms with Gasteiger partial charge in [-0.25, -0.2) is 19.6 Å². The van der Waals surface area contributed by atoms with Crippen LogP contribution in [-0.4, -0.2) is 80.8 Å². The van der Waals surface area contributed by atoms with Gasteiger partial charge in [-0.1, -0.05) is 91.5 Å². The second kappa shape index (κ2) is 21.9. The topological polar surface area (TPSA) is 226 Å². The number of carbonyl (C=O) groups is 6. The van der Waals surface area contributed by atoms with Crippen molar-refractivity contribution in [3.8, 4) is 0 Å². The molecule has 6 N–H and O–H groups in total. The molecule has 16 heteroatoms. The molecule has 54 heavy (non-hydrogen) atoms. The number of aromatic nitrogens is 4. The van der Waals surface area contributed by atoms with Gasteiger partial charge in [0.1, 0.15) is 23.5 Å². The van der Waals surface area contributed by atoms with Gasteiger partial charge in [-0.3, -0.25) is 19.2 Å². The molecule has 4 amide bonds. The number of aromatic amines is 2. The van der Waals surface area contributed by atoms with Crippen LogP contribution in [0.5, 0.6) is 0 Å². The summed E-state index contributed by atoms with van der Waals surface area (Å²) in [5.74, 6) is -4.04. The van der Waals surface area contributed by atoms with Gasteiger partial charge in [-0.2, -0.15) is 0 Å². The zero-order chi connectivity index (χ0) is 39.6. The maximum Gasteiger partial charge on any atom is 0.328 e. The molecule has 0 aliphatic carbocycles. The quantitative estimate of drug-likeness (QED) is 0.0640. The first-order chi connectivity index (χ1) is 25.9. The molecule has 2 unspecified atom stereocenters. The third-order valence-corrected chi connectivity index (χ3v) is 9.05. The Kier molecular flexibility index (Phi) is 17.4. The molecule has 0 saturated heterocycles. The maximum absolute atomic E-state index is 13.2. The van der Waals surface area contributed by atoms with Gasteiger partial charge in [0, 0.05) is 13.1 Å². The van der Waals surface area contributed by atoms with Crippen LogP contribution in [0.25, 0.3) is 0 Å². The molecule has 2 aromatic heterocycles. The first-order valence-electron chi connectivity index (χ1n) is 18.6. The average molecular weight is 751 g/mol. The van der Waals surface area contributed by atoms with Crippen molar-refractivity contribution in [2.24, 2.45) is 11.8 Å². The summed E-state index contributed by atoms with van der Waals surface area (Å²) < 4.78 is 10.7. The number of rotatable bonds is 22. The van der Waals surface area contributed by atoms with Gasteiger partial charge in [-0.05, 0) is 35.8 Å². The molecule has 0 saturated carbocycles. The molecular weight excluding hydrogens is 696 g/mol. The molecule has 0 aliphatic heterocycles. The molecule has 294 valence electrons. The summed E-state index contributed by atoms with van der Waals surface area (Å²) in [6.07, 6.45) is 6.82. The Bertz CT molecular complexity index is 1600. The third kappa shape index (κ3) is 12.3. The van der Waals surface area contributed by atoms with Crippen LogP contribution in [0.1, 0.15) is 133 Å². The van der Waals surface area contributed by atoms with Gasteiger partial charge in [0.25, 0.3) is 23.6 Å². The van der Waals surface area contributed by atoms with Gasteiger partial charge in [0.05, 0.1) is 25.9 Å². The molecule has 2 heterocycles. The van der Waals surface area contributed by atoms with E-state index in [4.69, 9.17) is 9.47 Å². The van der Waals surface area contributed by atoms with Crippen molar-refractivity contribution < 1.29 is 38.2 Å². The van der Waals surface area contributed by atoms with Crippen LogP contribution in [0.3, 0.4) is 0 Å². The first-order valence-corrected chi connectivity index (χ1v) is 18.6. The summed E-state index contributed by atoms with van der Waals surface area (Å²) in [4.78, 5) is 91.6. The van der Waals surface area contributed by atoms with Crippen molar-refractivity contribution in [3.63, 3.8) is 0 Å². The van der Waals surface area contributed by atoms with E-state index in [2.05, 4.69) is 41.2 Å². The van der Waals surface area contributed by atoms with Gasteiger partial charge in [0.15, 0.2) is 11.4 Å². The average Bonchev–Trinajstić information content (AvgIpc) is 3.88. The van der Waals surface area contributed by atoms with Gasteiger partial charge in [0.2, 0.25) is 0 Å². The number of ether oxygens (including phenoxy) is 2. The molecule has 4 atom stereocenters. The van der Waals surface area contributed by atoms with Crippen LogP contribution < -0.4 is 21.3 Å². The number of nitrogens with zero attached hydrogens (tertiary/aromatic N) is 2. The highest BCUT2D eigenvalue weighted by molar-refractivity contribution is 6.06. The molecule has 0 fully saturated rings. The number of hydrogen-bond donors (Lipinski definition) is 6. The Morgan fingerprint density at radius 2 is 1.06 bits per heavy atom. The number of benzene rings is 1. The lowest BCUT2D eigenvalue weighted by molar-refractivity contribution is -0.148. The van der Waals surface area contributed by atoms with Gasteiger partial charge < -0.3 is 40.7 Å². The number of nitrogens with one attached hydrogen (secondary N) is 6. The number of imidazole rings is 2. The predicted molar refractivity (Wildman–Crippen MR) is 199 cm³/mol. The summed E-state index contributed by atoms with van der Waals surface area (Å²) in [6.45, 7) is 12.1. The summed E-state index contributed by atoms with van der Waals surface area (Å²) in [6, 6.07) is 5.30. The highest BCUT2D eigenvalue weighted by Gasteiger charge is 2.32. The molecule has 1 aromatic carbocycles. The zero-order valence-electron chi connectivity index (χ0n) is 32.0. The summed E-state index contributed by atoms with van der Waals surface area (Å²) in [5, 5.41) is 10.9. The predicted octanol–water partition coefficient (Wildman–Crippen LogP) is 3.97. The van der Waals surface area contributed by atoms with E-state index in [9.17, 15) is 28.8 Å². The Morgan fingerprint density at radius 3 is 1.43 bits per heavy atom. The lowest BCUT2D eigenvalue weighted by Gasteiger charge is -2.22. The van der Waals surface area contributed by atoms with Crippen molar-refractivity contribution in [2.45, 2.75) is 105 Å². The van der Waals surface area contributed by atoms with Crippen LogP contribution in [0.4, 0.5) is 0 Å².